The smallest absolute Gasteiger partial charge is 0.329 e. The number of carbonyl (C=O) groups excluding carboxylic acids is 2. The number of cyclic esters (lactones) is 2. The molecule has 2 atom stereocenters. The molecular formula is C28H23NO4S. The predicted molar refractivity (Wildman–Crippen MR) is 130 cm³/mol. The summed E-state index contributed by atoms with van der Waals surface area (Å²) < 4.78 is 11.7. The minimum Gasteiger partial charge on any atom is -0.422 e. The van der Waals surface area contributed by atoms with Gasteiger partial charge in [0.05, 0.1) is 10.3 Å². The number of thioether (sulfide) groups is 1. The molecule has 5 nitrogen and oxygen atoms in total. The number of esters is 2. The molecule has 6 heteroatoms. The highest BCUT2D eigenvalue weighted by Crippen LogP contribution is 2.65. The number of H-pyrrole nitrogens is 1. The van der Waals surface area contributed by atoms with E-state index in [4.69, 9.17) is 9.47 Å². The molecule has 0 saturated carbocycles. The molecule has 2 aliphatic rings. The minimum atomic E-state index is -1.60. The van der Waals surface area contributed by atoms with E-state index in [0.717, 1.165) is 32.6 Å². The van der Waals surface area contributed by atoms with Crippen molar-refractivity contribution >= 4 is 34.6 Å². The summed E-state index contributed by atoms with van der Waals surface area (Å²) in [6, 6.07) is 27.4. The number of carbonyl (C=O) groups is 2. The number of ether oxygens (including phenoxy) is 2. The fourth-order valence-corrected chi connectivity index (χ4v) is 6.88. The molecule has 34 heavy (non-hydrogen) atoms. The van der Waals surface area contributed by atoms with Gasteiger partial charge in [0.2, 0.25) is 0 Å². The Morgan fingerprint density at radius 3 is 1.97 bits per heavy atom. The van der Waals surface area contributed by atoms with Crippen LogP contribution in [0.5, 0.6) is 0 Å². The van der Waals surface area contributed by atoms with E-state index in [1.54, 1.807) is 13.8 Å². The Labute approximate surface area is 201 Å². The van der Waals surface area contributed by atoms with Gasteiger partial charge in [-0.05, 0) is 17.2 Å². The van der Waals surface area contributed by atoms with Crippen LogP contribution in [0.4, 0.5) is 0 Å². The first-order chi connectivity index (χ1) is 16.4. The zero-order chi connectivity index (χ0) is 23.5. The summed E-state index contributed by atoms with van der Waals surface area (Å²) in [7, 11) is 0. The first-order valence-corrected chi connectivity index (χ1v) is 12.1. The van der Waals surface area contributed by atoms with Crippen molar-refractivity contribution in [3.63, 3.8) is 0 Å². The molecule has 1 spiro atoms. The molecule has 1 fully saturated rings. The highest BCUT2D eigenvalue weighted by molar-refractivity contribution is 7.99. The van der Waals surface area contributed by atoms with Gasteiger partial charge in [-0.25, -0.2) is 0 Å². The number of hydrogen-bond donors (Lipinski definition) is 1. The van der Waals surface area contributed by atoms with E-state index in [-0.39, 0.29) is 0 Å². The number of aromatic amines is 1. The molecule has 6 rings (SSSR count). The summed E-state index contributed by atoms with van der Waals surface area (Å²) in [4.78, 5) is 31.7. The lowest BCUT2D eigenvalue weighted by Crippen LogP contribution is -2.59. The number of rotatable bonds is 2. The second-order valence-electron chi connectivity index (χ2n) is 9.21. The van der Waals surface area contributed by atoms with E-state index in [0.29, 0.717) is 0 Å². The highest BCUT2D eigenvalue weighted by Gasteiger charge is 2.68. The van der Waals surface area contributed by atoms with Crippen LogP contribution in [0.1, 0.15) is 41.7 Å². The Kier molecular flexibility index (Phi) is 4.64. The quantitative estimate of drug-likeness (QED) is 0.289. The normalized spacial score (nSPS) is 22.8. The molecule has 4 aromatic rings. The van der Waals surface area contributed by atoms with E-state index in [2.05, 4.69) is 4.98 Å². The third-order valence-electron chi connectivity index (χ3n) is 6.69. The molecule has 0 bridgehead atoms. The number of hydrogen-bond acceptors (Lipinski definition) is 5. The Hall–Kier alpha value is -3.51. The van der Waals surface area contributed by atoms with Crippen molar-refractivity contribution < 1.29 is 19.1 Å². The molecule has 0 unspecified atom stereocenters. The molecule has 1 aromatic heterocycles. The Morgan fingerprint density at radius 2 is 1.32 bits per heavy atom. The zero-order valence-electron chi connectivity index (χ0n) is 18.8. The number of para-hydroxylation sites is 1. The highest BCUT2D eigenvalue weighted by atomic mass is 32.2. The summed E-state index contributed by atoms with van der Waals surface area (Å²) in [5, 5.41) is 1.38. The minimum absolute atomic E-state index is 0.546. The molecule has 0 amide bonds. The van der Waals surface area contributed by atoms with Crippen LogP contribution in [0.15, 0.2) is 90.0 Å². The number of aromatic nitrogens is 1. The molecule has 1 saturated heterocycles. The first kappa shape index (κ1) is 21.1. The zero-order valence-corrected chi connectivity index (χ0v) is 19.6. The Balaban J connectivity index is 1.72. The Morgan fingerprint density at radius 1 is 0.765 bits per heavy atom. The predicted octanol–water partition coefficient (Wildman–Crippen LogP) is 5.97. The van der Waals surface area contributed by atoms with Crippen LogP contribution in [-0.4, -0.2) is 22.7 Å². The maximum absolute atomic E-state index is 14.1. The monoisotopic (exact) mass is 469 g/mol. The second kappa shape index (κ2) is 7.50. The average molecular weight is 470 g/mol. The molecule has 2 aliphatic heterocycles. The summed E-state index contributed by atoms with van der Waals surface area (Å²) >= 11 is 1.49. The van der Waals surface area contributed by atoms with Crippen molar-refractivity contribution in [3.8, 4) is 0 Å². The molecule has 3 heterocycles. The van der Waals surface area contributed by atoms with Crippen molar-refractivity contribution in [3.05, 3.63) is 102 Å². The third kappa shape index (κ3) is 2.95. The van der Waals surface area contributed by atoms with Crippen LogP contribution in [0.3, 0.4) is 0 Å². The Bertz CT molecular complexity index is 1390. The van der Waals surface area contributed by atoms with Crippen molar-refractivity contribution in [1.82, 2.24) is 4.98 Å². The lowest BCUT2D eigenvalue weighted by Gasteiger charge is -2.49. The molecule has 0 radical (unpaired) electrons. The lowest BCUT2D eigenvalue weighted by molar-refractivity contribution is -0.252. The fourth-order valence-electron chi connectivity index (χ4n) is 5.31. The lowest BCUT2D eigenvalue weighted by atomic mass is 9.64. The van der Waals surface area contributed by atoms with Gasteiger partial charge in [-0.3, -0.25) is 9.59 Å². The van der Waals surface area contributed by atoms with Crippen LogP contribution in [0, 0.1) is 5.41 Å². The van der Waals surface area contributed by atoms with Gasteiger partial charge in [0.1, 0.15) is 0 Å². The maximum Gasteiger partial charge on any atom is 0.329 e. The number of fused-ring (bicyclic) bond motifs is 3. The van der Waals surface area contributed by atoms with Gasteiger partial charge in [-0.15, -0.1) is 0 Å². The van der Waals surface area contributed by atoms with Gasteiger partial charge in [-0.1, -0.05) is 90.6 Å². The van der Waals surface area contributed by atoms with Crippen LogP contribution in [-0.2, 0) is 19.1 Å². The van der Waals surface area contributed by atoms with E-state index >= 15 is 0 Å². The van der Waals surface area contributed by atoms with Crippen molar-refractivity contribution in [2.24, 2.45) is 5.41 Å². The van der Waals surface area contributed by atoms with Crippen LogP contribution < -0.4 is 0 Å². The van der Waals surface area contributed by atoms with E-state index < -0.39 is 34.3 Å². The largest absolute Gasteiger partial charge is 0.422 e. The van der Waals surface area contributed by atoms with Gasteiger partial charge in [0, 0.05) is 36.2 Å². The van der Waals surface area contributed by atoms with Crippen molar-refractivity contribution in [1.29, 1.82) is 0 Å². The molecule has 3 aromatic carbocycles. The average Bonchev–Trinajstić information content (AvgIpc) is 3.20. The van der Waals surface area contributed by atoms with E-state index in [1.165, 1.54) is 11.8 Å². The van der Waals surface area contributed by atoms with Crippen molar-refractivity contribution in [2.75, 3.05) is 0 Å². The maximum atomic E-state index is 14.1. The second-order valence-corrected chi connectivity index (χ2v) is 10.3. The van der Waals surface area contributed by atoms with Gasteiger partial charge < -0.3 is 14.5 Å². The van der Waals surface area contributed by atoms with Crippen LogP contribution >= 0.6 is 11.8 Å². The molecule has 1 N–H and O–H groups in total. The number of nitrogens with one attached hydrogen (secondary N) is 1. The molecular weight excluding hydrogens is 446 g/mol. The topological polar surface area (TPSA) is 68.4 Å². The van der Waals surface area contributed by atoms with Gasteiger partial charge >= 0.3 is 11.9 Å². The standard InChI is InChI=1S/C28H23NO4S/c1-27(2)32-25(30)28(26(31)33-27)22(17-11-5-3-6-12-17)21-19-15-9-10-16-20(19)29-24(21)34-23(28)18-13-7-4-8-14-18/h3-16,22-23,29H,1-2H3/t22-,23-/m1/s1. The molecule has 0 aliphatic carbocycles. The number of benzene rings is 3. The summed E-state index contributed by atoms with van der Waals surface area (Å²) in [6.45, 7) is 3.19. The molecule has 170 valence electrons. The van der Waals surface area contributed by atoms with E-state index in [9.17, 15) is 9.59 Å². The SMILES string of the molecule is CC1(C)OC(=O)C2(C(=O)O1)[C@H](c1ccccc1)c1c([nH]c3ccccc13)S[C@@H]2c1ccccc1. The summed E-state index contributed by atoms with van der Waals surface area (Å²) in [5.74, 6) is -3.03. The summed E-state index contributed by atoms with van der Waals surface area (Å²) in [5.41, 5.74) is 2.02. The van der Waals surface area contributed by atoms with Crippen LogP contribution in [0.2, 0.25) is 0 Å². The van der Waals surface area contributed by atoms with Gasteiger partial charge in [0.25, 0.3) is 5.79 Å². The van der Waals surface area contributed by atoms with E-state index in [1.807, 2.05) is 84.9 Å². The van der Waals surface area contributed by atoms with Gasteiger partial charge in [-0.2, -0.15) is 0 Å². The third-order valence-corrected chi connectivity index (χ3v) is 8.13. The van der Waals surface area contributed by atoms with Crippen LogP contribution in [0.25, 0.3) is 10.9 Å². The van der Waals surface area contributed by atoms with Crippen molar-refractivity contribution in [2.45, 2.75) is 35.8 Å². The fraction of sp³-hybridized carbons (Fsp3) is 0.214. The summed E-state index contributed by atoms with van der Waals surface area (Å²) in [6.07, 6.45) is 0. The van der Waals surface area contributed by atoms with Gasteiger partial charge in [0.15, 0.2) is 5.41 Å². The first-order valence-electron chi connectivity index (χ1n) is 11.3.